The SMILES string of the molecule is CCOC(=O)C(Cc1ccc(-c2ccccc2C(C)=O)cc1)(OC[C@H]1O[C@@H](n2cnc3c(N)nc(Cl)nc32)[C@@H](F)[C@@H]1O)C(C)=O. The normalized spacial score (nSPS) is 21.0. The van der Waals surface area contributed by atoms with Gasteiger partial charge in [-0.05, 0) is 49.1 Å². The highest BCUT2D eigenvalue weighted by Crippen LogP contribution is 2.36. The van der Waals surface area contributed by atoms with E-state index in [1.807, 2.05) is 12.1 Å². The van der Waals surface area contributed by atoms with E-state index in [0.717, 1.165) is 11.1 Å². The summed E-state index contributed by atoms with van der Waals surface area (Å²) in [7, 11) is 0. The van der Waals surface area contributed by atoms with Crippen molar-refractivity contribution in [3.05, 3.63) is 71.3 Å². The fraction of sp³-hybridized carbons (Fsp3) is 0.355. The molecule has 0 saturated carbocycles. The summed E-state index contributed by atoms with van der Waals surface area (Å²) in [6, 6.07) is 14.1. The summed E-state index contributed by atoms with van der Waals surface area (Å²) < 4.78 is 33.7. The molecule has 12 nitrogen and oxygen atoms in total. The third-order valence-electron chi connectivity index (χ3n) is 7.68. The lowest BCUT2D eigenvalue weighted by molar-refractivity contribution is -0.183. The minimum absolute atomic E-state index is 0.0191. The van der Waals surface area contributed by atoms with Crippen LogP contribution in [0.15, 0.2) is 54.9 Å². The molecule has 0 bridgehead atoms. The second-order valence-electron chi connectivity index (χ2n) is 10.6. The first-order valence-electron chi connectivity index (χ1n) is 14.1. The van der Waals surface area contributed by atoms with Gasteiger partial charge in [0.25, 0.3) is 0 Å². The van der Waals surface area contributed by atoms with E-state index in [-0.39, 0.29) is 41.1 Å². The predicted molar refractivity (Wildman–Crippen MR) is 161 cm³/mol. The summed E-state index contributed by atoms with van der Waals surface area (Å²) in [6.07, 6.45) is -5.35. The van der Waals surface area contributed by atoms with Gasteiger partial charge in [-0.25, -0.2) is 14.2 Å². The second kappa shape index (κ2) is 13.0. The molecule has 0 spiro atoms. The molecule has 2 aromatic heterocycles. The molecule has 45 heavy (non-hydrogen) atoms. The van der Waals surface area contributed by atoms with E-state index in [2.05, 4.69) is 15.0 Å². The number of nitrogens with two attached hydrogens (primary N) is 1. The van der Waals surface area contributed by atoms with E-state index < -0.39 is 48.6 Å². The Balaban J connectivity index is 1.39. The Morgan fingerprint density at radius 3 is 2.51 bits per heavy atom. The van der Waals surface area contributed by atoms with Gasteiger partial charge in [0.1, 0.15) is 17.7 Å². The van der Waals surface area contributed by atoms with E-state index in [9.17, 15) is 19.5 Å². The van der Waals surface area contributed by atoms with Crippen LogP contribution < -0.4 is 5.73 Å². The maximum Gasteiger partial charge on any atom is 0.346 e. The number of rotatable bonds is 11. The zero-order valence-electron chi connectivity index (χ0n) is 24.6. The van der Waals surface area contributed by atoms with Crippen LogP contribution in [0.2, 0.25) is 5.28 Å². The molecule has 1 saturated heterocycles. The number of carbonyl (C=O) groups excluding carboxylic acids is 3. The Morgan fingerprint density at radius 2 is 1.84 bits per heavy atom. The van der Waals surface area contributed by atoms with Crippen molar-refractivity contribution in [1.29, 1.82) is 0 Å². The van der Waals surface area contributed by atoms with Gasteiger partial charge < -0.3 is 25.1 Å². The molecule has 4 aromatic rings. The van der Waals surface area contributed by atoms with Crippen LogP contribution in [0.5, 0.6) is 0 Å². The van der Waals surface area contributed by atoms with E-state index >= 15 is 4.39 Å². The zero-order valence-corrected chi connectivity index (χ0v) is 25.4. The molecule has 2 aromatic carbocycles. The number of alkyl halides is 1. The van der Waals surface area contributed by atoms with E-state index in [0.29, 0.717) is 11.1 Å². The second-order valence-corrected chi connectivity index (χ2v) is 10.9. The van der Waals surface area contributed by atoms with Gasteiger partial charge in [-0.2, -0.15) is 9.97 Å². The van der Waals surface area contributed by atoms with Gasteiger partial charge in [-0.1, -0.05) is 48.5 Å². The number of hydrogen-bond donors (Lipinski definition) is 2. The lowest BCUT2D eigenvalue weighted by Gasteiger charge is -2.30. The summed E-state index contributed by atoms with van der Waals surface area (Å²) in [4.78, 5) is 50.5. The monoisotopic (exact) mass is 639 g/mol. The molecule has 1 aliphatic heterocycles. The van der Waals surface area contributed by atoms with Gasteiger partial charge in [-0.15, -0.1) is 0 Å². The van der Waals surface area contributed by atoms with Crippen LogP contribution in [0.1, 0.15) is 42.9 Å². The largest absolute Gasteiger partial charge is 0.463 e. The number of halogens is 2. The van der Waals surface area contributed by atoms with E-state index in [1.54, 1.807) is 43.3 Å². The highest BCUT2D eigenvalue weighted by atomic mass is 35.5. The molecular formula is C31H31ClFN5O7. The van der Waals surface area contributed by atoms with Gasteiger partial charge in [0.05, 0.1) is 19.5 Å². The van der Waals surface area contributed by atoms with Crippen molar-refractivity contribution >= 4 is 46.1 Å². The van der Waals surface area contributed by atoms with Crippen molar-refractivity contribution < 1.29 is 38.1 Å². The number of anilines is 1. The first-order chi connectivity index (χ1) is 21.5. The molecule has 1 unspecified atom stereocenters. The Bertz CT molecular complexity index is 1750. The molecule has 14 heteroatoms. The number of fused-ring (bicyclic) bond motifs is 1. The fourth-order valence-corrected chi connectivity index (χ4v) is 5.49. The van der Waals surface area contributed by atoms with Crippen LogP contribution in [0, 0.1) is 0 Å². The molecule has 0 amide bonds. The Hall–Kier alpha value is -4.30. The van der Waals surface area contributed by atoms with Crippen LogP contribution in [0.25, 0.3) is 22.3 Å². The van der Waals surface area contributed by atoms with Crippen LogP contribution in [-0.4, -0.2) is 79.4 Å². The molecule has 5 rings (SSSR count). The summed E-state index contributed by atoms with van der Waals surface area (Å²) >= 11 is 5.93. The number of imidazole rings is 1. The number of aromatic nitrogens is 4. The molecule has 0 aliphatic carbocycles. The van der Waals surface area contributed by atoms with Crippen molar-refractivity contribution in [2.45, 2.75) is 57.4 Å². The van der Waals surface area contributed by atoms with E-state index in [4.69, 9.17) is 31.5 Å². The molecular weight excluding hydrogens is 609 g/mol. The quantitative estimate of drug-likeness (QED) is 0.106. The number of hydrogen-bond acceptors (Lipinski definition) is 11. The molecule has 5 atom stereocenters. The maximum absolute atomic E-state index is 15.4. The summed E-state index contributed by atoms with van der Waals surface area (Å²) in [5.41, 5.74) is 6.59. The summed E-state index contributed by atoms with van der Waals surface area (Å²) in [5, 5.41) is 10.6. The molecule has 3 N–H and O–H groups in total. The number of ketones is 2. The maximum atomic E-state index is 15.4. The highest BCUT2D eigenvalue weighted by molar-refractivity contribution is 6.28. The van der Waals surface area contributed by atoms with Crippen molar-refractivity contribution in [2.75, 3.05) is 18.9 Å². The summed E-state index contributed by atoms with van der Waals surface area (Å²) in [5.74, 6) is -1.70. The van der Waals surface area contributed by atoms with Gasteiger partial charge in [0.15, 0.2) is 35.4 Å². The lowest BCUT2D eigenvalue weighted by Crippen LogP contribution is -2.52. The first kappa shape index (κ1) is 32.1. The van der Waals surface area contributed by atoms with Crippen LogP contribution >= 0.6 is 11.6 Å². The number of nitrogens with zero attached hydrogens (tertiary/aromatic N) is 4. The Kier molecular flexibility index (Phi) is 9.26. The Labute approximate surface area is 262 Å². The van der Waals surface area contributed by atoms with Crippen molar-refractivity contribution in [2.24, 2.45) is 0 Å². The minimum Gasteiger partial charge on any atom is -0.463 e. The van der Waals surface area contributed by atoms with Crippen molar-refractivity contribution in [3.8, 4) is 11.1 Å². The molecule has 0 radical (unpaired) electrons. The van der Waals surface area contributed by atoms with Gasteiger partial charge in [0, 0.05) is 12.0 Å². The van der Waals surface area contributed by atoms with Crippen molar-refractivity contribution in [1.82, 2.24) is 19.5 Å². The Morgan fingerprint density at radius 1 is 1.13 bits per heavy atom. The topological polar surface area (TPSA) is 169 Å². The minimum atomic E-state index is -2.13. The molecule has 236 valence electrons. The molecule has 1 fully saturated rings. The smallest absolute Gasteiger partial charge is 0.346 e. The highest BCUT2D eigenvalue weighted by Gasteiger charge is 2.51. The number of benzene rings is 2. The van der Waals surface area contributed by atoms with Gasteiger partial charge in [-0.3, -0.25) is 14.2 Å². The van der Waals surface area contributed by atoms with E-state index in [1.165, 1.54) is 24.7 Å². The van der Waals surface area contributed by atoms with Crippen molar-refractivity contribution in [3.63, 3.8) is 0 Å². The first-order valence-corrected chi connectivity index (χ1v) is 14.5. The van der Waals surface area contributed by atoms with Gasteiger partial charge >= 0.3 is 5.97 Å². The molecule has 1 aliphatic rings. The lowest BCUT2D eigenvalue weighted by atomic mass is 9.89. The number of nitrogen functional groups attached to an aromatic ring is 1. The number of aliphatic hydroxyl groups excluding tert-OH is 1. The number of carbonyl (C=O) groups is 3. The fourth-order valence-electron chi connectivity index (χ4n) is 5.32. The zero-order chi connectivity index (χ0) is 32.5. The van der Waals surface area contributed by atoms with Crippen LogP contribution in [0.4, 0.5) is 10.2 Å². The average molecular weight is 640 g/mol. The number of ether oxygens (including phenoxy) is 3. The van der Waals surface area contributed by atoms with Crippen LogP contribution in [-0.2, 0) is 30.2 Å². The number of aliphatic hydroxyl groups is 1. The standard InChI is InChI=1S/C31H31ClFN5O7/c1-4-43-29(42)31(17(3)40,13-18-9-11-19(12-10-18)21-8-6-5-7-20(21)16(2)39)44-14-22-25(41)23(33)28(45-22)38-15-35-24-26(34)36-30(32)37-27(24)38/h5-12,15,22-23,25,28,41H,4,13-14H2,1-3H3,(H2,34,36,37)/t22-,23+,25-,28-,31?/m1/s1. The van der Waals surface area contributed by atoms with Crippen LogP contribution in [0.3, 0.4) is 0 Å². The summed E-state index contributed by atoms with van der Waals surface area (Å²) in [6.45, 7) is 3.69. The van der Waals surface area contributed by atoms with Gasteiger partial charge in [0.2, 0.25) is 10.9 Å². The number of Topliss-reactive ketones (excluding diaryl/α,β-unsaturated/α-hetero) is 2. The predicted octanol–water partition coefficient (Wildman–Crippen LogP) is 3.68. The third-order valence-corrected chi connectivity index (χ3v) is 7.85. The third kappa shape index (κ3) is 6.16. The average Bonchev–Trinajstić information content (AvgIpc) is 3.55. The molecule has 3 heterocycles. The number of esters is 1.